The highest BCUT2D eigenvalue weighted by Gasteiger charge is 2.23. The van der Waals surface area contributed by atoms with Gasteiger partial charge in [-0.25, -0.2) is 9.97 Å². The first-order valence-corrected chi connectivity index (χ1v) is 7.50. The molecule has 3 heterocycles. The zero-order chi connectivity index (χ0) is 13.9. The van der Waals surface area contributed by atoms with E-state index >= 15 is 0 Å². The van der Waals surface area contributed by atoms with Crippen LogP contribution in [-0.2, 0) is 6.54 Å². The first-order valence-electron chi connectivity index (χ1n) is 6.71. The summed E-state index contributed by atoms with van der Waals surface area (Å²) in [6, 6.07) is 6.36. The second kappa shape index (κ2) is 5.93. The fraction of sp³-hybridized carbons (Fsp3) is 0.429. The van der Waals surface area contributed by atoms with Crippen molar-refractivity contribution in [3.63, 3.8) is 0 Å². The second-order valence-corrected chi connectivity index (χ2v) is 5.90. The van der Waals surface area contributed by atoms with E-state index in [0.717, 1.165) is 48.0 Å². The van der Waals surface area contributed by atoms with E-state index in [4.69, 9.17) is 4.42 Å². The number of halogens is 1. The minimum absolute atomic E-state index is 0.433. The number of aryl methyl sites for hydroxylation is 1. The third kappa shape index (κ3) is 3.37. The van der Waals surface area contributed by atoms with Gasteiger partial charge in [0.2, 0.25) is 0 Å². The zero-order valence-corrected chi connectivity index (χ0v) is 12.9. The minimum atomic E-state index is 0.433. The Morgan fingerprint density at radius 2 is 2.35 bits per heavy atom. The van der Waals surface area contributed by atoms with Gasteiger partial charge in [0.15, 0.2) is 4.67 Å². The van der Waals surface area contributed by atoms with Crippen molar-refractivity contribution in [2.24, 2.45) is 0 Å². The van der Waals surface area contributed by atoms with Crippen molar-refractivity contribution in [2.45, 2.75) is 25.9 Å². The van der Waals surface area contributed by atoms with Crippen molar-refractivity contribution in [1.29, 1.82) is 0 Å². The molecule has 5 nitrogen and oxygen atoms in total. The van der Waals surface area contributed by atoms with Gasteiger partial charge in [0.25, 0.3) is 0 Å². The lowest BCUT2D eigenvalue weighted by molar-refractivity contribution is 0.293. The molecule has 3 rings (SSSR count). The number of furan rings is 1. The lowest BCUT2D eigenvalue weighted by atomic mass is 10.2. The Bertz CT molecular complexity index is 586. The third-order valence-electron chi connectivity index (χ3n) is 3.44. The van der Waals surface area contributed by atoms with Gasteiger partial charge in [0, 0.05) is 30.9 Å². The molecule has 0 saturated carbocycles. The van der Waals surface area contributed by atoms with Crippen molar-refractivity contribution in [2.75, 3.05) is 18.4 Å². The summed E-state index contributed by atoms with van der Waals surface area (Å²) >= 11 is 3.33. The normalized spacial score (nSPS) is 19.4. The molecular weight excluding hydrogens is 320 g/mol. The van der Waals surface area contributed by atoms with E-state index in [1.807, 2.05) is 25.1 Å². The Balaban J connectivity index is 1.54. The van der Waals surface area contributed by atoms with Crippen molar-refractivity contribution >= 4 is 21.7 Å². The molecule has 0 radical (unpaired) electrons. The molecule has 1 unspecified atom stereocenters. The Morgan fingerprint density at radius 1 is 1.45 bits per heavy atom. The number of nitrogens with one attached hydrogen (secondary N) is 1. The number of nitrogens with zero attached hydrogens (tertiary/aromatic N) is 3. The van der Waals surface area contributed by atoms with Crippen LogP contribution in [0.5, 0.6) is 0 Å². The fourth-order valence-corrected chi connectivity index (χ4v) is 2.83. The predicted octanol–water partition coefficient (Wildman–Crippen LogP) is 2.83. The average Bonchev–Trinajstić information content (AvgIpc) is 3.00. The molecule has 1 atom stereocenters. The summed E-state index contributed by atoms with van der Waals surface area (Å²) in [5.41, 5.74) is 0.984. The molecule has 1 aliphatic rings. The largest absolute Gasteiger partial charge is 0.453 e. The maximum atomic E-state index is 5.55. The van der Waals surface area contributed by atoms with Crippen LogP contribution < -0.4 is 5.32 Å². The zero-order valence-electron chi connectivity index (χ0n) is 11.3. The van der Waals surface area contributed by atoms with Crippen LogP contribution in [0, 0.1) is 6.92 Å². The van der Waals surface area contributed by atoms with E-state index in [2.05, 4.69) is 36.1 Å². The standard InChI is InChI=1S/C14H17BrN4O/c1-10-6-14(17-9-16-10)18-11-4-5-19(7-11)8-12-2-3-13(15)20-12/h2-3,6,9,11H,4-5,7-8H2,1H3,(H,16,17,18). The minimum Gasteiger partial charge on any atom is -0.453 e. The first-order chi connectivity index (χ1) is 9.69. The van der Waals surface area contributed by atoms with E-state index in [1.54, 1.807) is 6.33 Å². The van der Waals surface area contributed by atoms with Crippen molar-refractivity contribution < 1.29 is 4.42 Å². The van der Waals surface area contributed by atoms with Gasteiger partial charge < -0.3 is 9.73 Å². The van der Waals surface area contributed by atoms with E-state index in [-0.39, 0.29) is 0 Å². The van der Waals surface area contributed by atoms with Gasteiger partial charge in [-0.1, -0.05) is 0 Å². The summed E-state index contributed by atoms with van der Waals surface area (Å²) < 4.78 is 6.34. The molecule has 1 N–H and O–H groups in total. The highest BCUT2D eigenvalue weighted by atomic mass is 79.9. The van der Waals surface area contributed by atoms with Crippen LogP contribution in [0.15, 0.2) is 33.6 Å². The maximum Gasteiger partial charge on any atom is 0.169 e. The Labute approximate surface area is 126 Å². The lowest BCUT2D eigenvalue weighted by Gasteiger charge is -2.15. The Morgan fingerprint density at radius 3 is 3.10 bits per heavy atom. The summed E-state index contributed by atoms with van der Waals surface area (Å²) in [5, 5.41) is 3.47. The van der Waals surface area contributed by atoms with Gasteiger partial charge in [-0.05, 0) is 41.4 Å². The number of anilines is 1. The maximum absolute atomic E-state index is 5.55. The van der Waals surface area contributed by atoms with Crippen molar-refractivity contribution in [3.8, 4) is 0 Å². The molecule has 0 amide bonds. The monoisotopic (exact) mass is 336 g/mol. The molecule has 1 aliphatic heterocycles. The molecule has 0 aliphatic carbocycles. The molecular formula is C14H17BrN4O. The molecule has 0 spiro atoms. The van der Waals surface area contributed by atoms with Crippen molar-refractivity contribution in [1.82, 2.24) is 14.9 Å². The van der Waals surface area contributed by atoms with Crippen LogP contribution >= 0.6 is 15.9 Å². The van der Waals surface area contributed by atoms with Gasteiger partial charge in [-0.3, -0.25) is 4.90 Å². The SMILES string of the molecule is Cc1cc(NC2CCN(Cc3ccc(Br)o3)C2)ncn1. The Hall–Kier alpha value is -1.40. The van der Waals surface area contributed by atoms with Crippen LogP contribution in [0.1, 0.15) is 17.9 Å². The summed E-state index contributed by atoms with van der Waals surface area (Å²) in [6.07, 6.45) is 2.72. The van der Waals surface area contributed by atoms with E-state index in [0.29, 0.717) is 6.04 Å². The highest BCUT2D eigenvalue weighted by Crippen LogP contribution is 2.20. The number of hydrogen-bond acceptors (Lipinski definition) is 5. The van der Waals surface area contributed by atoms with Crippen LogP contribution in [-0.4, -0.2) is 34.0 Å². The fourth-order valence-electron chi connectivity index (χ4n) is 2.49. The Kier molecular flexibility index (Phi) is 4.03. The summed E-state index contributed by atoms with van der Waals surface area (Å²) in [4.78, 5) is 10.7. The van der Waals surface area contributed by atoms with Gasteiger partial charge >= 0.3 is 0 Å². The third-order valence-corrected chi connectivity index (χ3v) is 3.86. The predicted molar refractivity (Wildman–Crippen MR) is 80.5 cm³/mol. The second-order valence-electron chi connectivity index (χ2n) is 5.12. The van der Waals surface area contributed by atoms with E-state index in [9.17, 15) is 0 Å². The number of hydrogen-bond donors (Lipinski definition) is 1. The molecule has 0 aromatic carbocycles. The summed E-state index contributed by atoms with van der Waals surface area (Å²) in [6.45, 7) is 4.90. The van der Waals surface area contributed by atoms with E-state index in [1.165, 1.54) is 0 Å². The molecule has 2 aromatic rings. The van der Waals surface area contributed by atoms with E-state index < -0.39 is 0 Å². The number of rotatable bonds is 4. The van der Waals surface area contributed by atoms with Crippen LogP contribution in [0.2, 0.25) is 0 Å². The van der Waals surface area contributed by atoms with Crippen molar-refractivity contribution in [3.05, 3.63) is 40.7 Å². The van der Waals surface area contributed by atoms with Gasteiger partial charge in [-0.2, -0.15) is 0 Å². The lowest BCUT2D eigenvalue weighted by Crippen LogP contribution is -2.26. The number of aromatic nitrogens is 2. The first kappa shape index (κ1) is 13.6. The molecule has 1 saturated heterocycles. The van der Waals surface area contributed by atoms with Crippen LogP contribution in [0.25, 0.3) is 0 Å². The molecule has 1 fully saturated rings. The number of likely N-dealkylation sites (tertiary alicyclic amines) is 1. The summed E-state index contributed by atoms with van der Waals surface area (Å²) in [7, 11) is 0. The topological polar surface area (TPSA) is 54.2 Å². The van der Waals surface area contributed by atoms with Gasteiger partial charge in [0.05, 0.1) is 6.54 Å². The molecule has 2 aromatic heterocycles. The van der Waals surface area contributed by atoms with Gasteiger partial charge in [-0.15, -0.1) is 0 Å². The smallest absolute Gasteiger partial charge is 0.169 e. The summed E-state index contributed by atoms with van der Waals surface area (Å²) in [5.74, 6) is 1.90. The van der Waals surface area contributed by atoms with Gasteiger partial charge in [0.1, 0.15) is 17.9 Å². The quantitative estimate of drug-likeness (QED) is 0.930. The van der Waals surface area contributed by atoms with Crippen LogP contribution in [0.4, 0.5) is 5.82 Å². The molecule has 0 bridgehead atoms. The van der Waals surface area contributed by atoms with Crippen LogP contribution in [0.3, 0.4) is 0 Å². The molecule has 6 heteroatoms. The highest BCUT2D eigenvalue weighted by molar-refractivity contribution is 9.10. The molecule has 20 heavy (non-hydrogen) atoms. The molecule has 106 valence electrons. The average molecular weight is 337 g/mol.